The molecule has 0 saturated heterocycles. The van der Waals surface area contributed by atoms with Gasteiger partial charge in [-0.15, -0.1) is 0 Å². The van der Waals surface area contributed by atoms with Crippen molar-refractivity contribution in [3.05, 3.63) is 0 Å². The Labute approximate surface area is 92.3 Å². The van der Waals surface area contributed by atoms with Crippen LogP contribution >= 0.6 is 0 Å². The standard InChI is InChI=1S/C11H23NO3/c1-8(2)6-15-7-9(3)12-11(13)10(4)14-5/h8-10H,6-7H2,1-5H3,(H,12,13)/t9-,10+/m0/s1. The molecule has 0 radical (unpaired) electrons. The number of rotatable bonds is 7. The Morgan fingerprint density at radius 2 is 1.80 bits per heavy atom. The monoisotopic (exact) mass is 217 g/mol. The summed E-state index contributed by atoms with van der Waals surface area (Å²) in [5, 5.41) is 2.82. The molecular formula is C11H23NO3. The molecule has 90 valence electrons. The van der Waals surface area contributed by atoms with E-state index in [9.17, 15) is 4.79 Å². The van der Waals surface area contributed by atoms with Crippen LogP contribution in [0.5, 0.6) is 0 Å². The topological polar surface area (TPSA) is 47.6 Å². The van der Waals surface area contributed by atoms with Gasteiger partial charge in [0.25, 0.3) is 0 Å². The van der Waals surface area contributed by atoms with Gasteiger partial charge in [-0.1, -0.05) is 13.8 Å². The van der Waals surface area contributed by atoms with Crippen LogP contribution in [0.4, 0.5) is 0 Å². The number of amides is 1. The van der Waals surface area contributed by atoms with Crippen molar-refractivity contribution < 1.29 is 14.3 Å². The van der Waals surface area contributed by atoms with Gasteiger partial charge in [-0.25, -0.2) is 0 Å². The molecule has 0 rings (SSSR count). The molecule has 0 saturated carbocycles. The van der Waals surface area contributed by atoms with Crippen LogP contribution in [-0.2, 0) is 14.3 Å². The SMILES string of the molecule is CO[C@H](C)C(=O)N[C@@H](C)COCC(C)C. The fourth-order valence-corrected chi connectivity index (χ4v) is 0.989. The molecule has 0 bridgehead atoms. The van der Waals surface area contributed by atoms with Crippen LogP contribution in [0.15, 0.2) is 0 Å². The lowest BCUT2D eigenvalue weighted by Gasteiger charge is -2.17. The van der Waals surface area contributed by atoms with E-state index >= 15 is 0 Å². The van der Waals surface area contributed by atoms with Crippen LogP contribution < -0.4 is 5.32 Å². The molecule has 0 aliphatic rings. The molecule has 0 heterocycles. The molecule has 0 aliphatic heterocycles. The number of methoxy groups -OCH3 is 1. The average molecular weight is 217 g/mol. The molecule has 4 nitrogen and oxygen atoms in total. The molecule has 0 aliphatic carbocycles. The lowest BCUT2D eigenvalue weighted by atomic mass is 10.2. The van der Waals surface area contributed by atoms with E-state index in [2.05, 4.69) is 19.2 Å². The lowest BCUT2D eigenvalue weighted by Crippen LogP contribution is -2.41. The van der Waals surface area contributed by atoms with Crippen molar-refractivity contribution in [1.29, 1.82) is 0 Å². The van der Waals surface area contributed by atoms with Gasteiger partial charge in [0.2, 0.25) is 5.91 Å². The maximum absolute atomic E-state index is 11.4. The van der Waals surface area contributed by atoms with Crippen molar-refractivity contribution in [2.45, 2.75) is 39.8 Å². The Balaban J connectivity index is 3.64. The van der Waals surface area contributed by atoms with Crippen molar-refractivity contribution in [2.24, 2.45) is 5.92 Å². The molecule has 0 spiro atoms. The Bertz CT molecular complexity index is 183. The van der Waals surface area contributed by atoms with Crippen molar-refractivity contribution in [2.75, 3.05) is 20.3 Å². The van der Waals surface area contributed by atoms with Crippen LogP contribution in [0.3, 0.4) is 0 Å². The van der Waals surface area contributed by atoms with E-state index < -0.39 is 6.10 Å². The first-order valence-electron chi connectivity index (χ1n) is 5.38. The van der Waals surface area contributed by atoms with E-state index in [0.29, 0.717) is 12.5 Å². The van der Waals surface area contributed by atoms with Crippen LogP contribution in [0.1, 0.15) is 27.7 Å². The second-order valence-corrected chi connectivity index (χ2v) is 4.22. The fraction of sp³-hybridized carbons (Fsp3) is 0.909. The molecule has 0 unspecified atom stereocenters. The maximum Gasteiger partial charge on any atom is 0.249 e. The minimum atomic E-state index is -0.405. The molecule has 1 amide bonds. The van der Waals surface area contributed by atoms with Crippen molar-refractivity contribution in [3.63, 3.8) is 0 Å². The highest BCUT2D eigenvalue weighted by Gasteiger charge is 2.14. The second-order valence-electron chi connectivity index (χ2n) is 4.22. The van der Waals surface area contributed by atoms with E-state index in [1.54, 1.807) is 6.92 Å². The number of carbonyl (C=O) groups is 1. The summed E-state index contributed by atoms with van der Waals surface area (Å²) in [6, 6.07) is 0.0221. The molecule has 0 aromatic carbocycles. The number of hydrogen-bond donors (Lipinski definition) is 1. The smallest absolute Gasteiger partial charge is 0.249 e. The van der Waals surface area contributed by atoms with Gasteiger partial charge in [-0.2, -0.15) is 0 Å². The molecular weight excluding hydrogens is 194 g/mol. The quantitative estimate of drug-likeness (QED) is 0.697. The number of nitrogens with one attached hydrogen (secondary N) is 1. The molecule has 4 heteroatoms. The first-order valence-corrected chi connectivity index (χ1v) is 5.38. The minimum Gasteiger partial charge on any atom is -0.379 e. The lowest BCUT2D eigenvalue weighted by molar-refractivity contribution is -0.131. The van der Waals surface area contributed by atoms with E-state index in [1.165, 1.54) is 7.11 Å². The second kappa shape index (κ2) is 7.65. The molecule has 2 atom stereocenters. The summed E-state index contributed by atoms with van der Waals surface area (Å²) in [6.45, 7) is 9.09. The third-order valence-electron chi connectivity index (χ3n) is 1.93. The van der Waals surface area contributed by atoms with E-state index in [-0.39, 0.29) is 11.9 Å². The normalized spacial score (nSPS) is 15.1. The first-order chi connectivity index (χ1) is 6.97. The zero-order valence-electron chi connectivity index (χ0n) is 10.4. The predicted octanol–water partition coefficient (Wildman–Crippen LogP) is 1.20. The maximum atomic E-state index is 11.4. The van der Waals surface area contributed by atoms with Crippen LogP contribution in [0, 0.1) is 5.92 Å². The van der Waals surface area contributed by atoms with Gasteiger partial charge in [0.05, 0.1) is 6.61 Å². The summed E-state index contributed by atoms with van der Waals surface area (Å²) in [5.41, 5.74) is 0. The molecule has 0 aromatic rings. The Morgan fingerprint density at radius 1 is 1.20 bits per heavy atom. The third kappa shape index (κ3) is 7.33. The molecule has 0 aromatic heterocycles. The Hall–Kier alpha value is -0.610. The van der Waals surface area contributed by atoms with Crippen molar-refractivity contribution in [1.82, 2.24) is 5.32 Å². The average Bonchev–Trinajstić information content (AvgIpc) is 2.15. The number of hydrogen-bond acceptors (Lipinski definition) is 3. The first kappa shape index (κ1) is 14.4. The third-order valence-corrected chi connectivity index (χ3v) is 1.93. The highest BCUT2D eigenvalue weighted by molar-refractivity contribution is 5.80. The van der Waals surface area contributed by atoms with Gasteiger partial charge in [-0.3, -0.25) is 4.79 Å². The van der Waals surface area contributed by atoms with Gasteiger partial charge in [0.1, 0.15) is 6.10 Å². The zero-order chi connectivity index (χ0) is 11.8. The summed E-state index contributed by atoms with van der Waals surface area (Å²) in [5.74, 6) is 0.420. The van der Waals surface area contributed by atoms with Gasteiger partial charge in [-0.05, 0) is 19.8 Å². The summed E-state index contributed by atoms with van der Waals surface area (Å²) >= 11 is 0. The predicted molar refractivity (Wildman–Crippen MR) is 59.7 cm³/mol. The van der Waals surface area contributed by atoms with Gasteiger partial charge in [0, 0.05) is 19.8 Å². The summed E-state index contributed by atoms with van der Waals surface area (Å²) < 4.78 is 10.3. The molecule has 15 heavy (non-hydrogen) atoms. The van der Waals surface area contributed by atoms with Gasteiger partial charge in [0.15, 0.2) is 0 Å². The number of ether oxygens (including phenoxy) is 2. The highest BCUT2D eigenvalue weighted by Crippen LogP contribution is 1.95. The van der Waals surface area contributed by atoms with E-state index in [0.717, 1.165) is 6.61 Å². The van der Waals surface area contributed by atoms with Crippen LogP contribution in [-0.4, -0.2) is 38.4 Å². The summed E-state index contributed by atoms with van der Waals surface area (Å²) in [7, 11) is 1.52. The van der Waals surface area contributed by atoms with E-state index in [1.807, 2.05) is 6.92 Å². The Kier molecular flexibility index (Phi) is 7.34. The van der Waals surface area contributed by atoms with Crippen molar-refractivity contribution >= 4 is 5.91 Å². The fourth-order valence-electron chi connectivity index (χ4n) is 0.989. The zero-order valence-corrected chi connectivity index (χ0v) is 10.4. The summed E-state index contributed by atoms with van der Waals surface area (Å²) in [6.07, 6.45) is -0.405. The molecule has 1 N–H and O–H groups in total. The minimum absolute atomic E-state index is 0.0221. The number of carbonyl (C=O) groups excluding carboxylic acids is 1. The largest absolute Gasteiger partial charge is 0.379 e. The van der Waals surface area contributed by atoms with Gasteiger partial charge < -0.3 is 14.8 Å². The van der Waals surface area contributed by atoms with Gasteiger partial charge >= 0.3 is 0 Å². The van der Waals surface area contributed by atoms with Crippen LogP contribution in [0.25, 0.3) is 0 Å². The Morgan fingerprint density at radius 3 is 2.27 bits per heavy atom. The van der Waals surface area contributed by atoms with Crippen LogP contribution in [0.2, 0.25) is 0 Å². The molecule has 0 fully saturated rings. The van der Waals surface area contributed by atoms with Crippen molar-refractivity contribution in [3.8, 4) is 0 Å². The van der Waals surface area contributed by atoms with E-state index in [4.69, 9.17) is 9.47 Å². The highest BCUT2D eigenvalue weighted by atomic mass is 16.5. The summed E-state index contributed by atoms with van der Waals surface area (Å²) in [4.78, 5) is 11.4.